The third-order valence-corrected chi connectivity index (χ3v) is 4.50. The first-order valence-electron chi connectivity index (χ1n) is 6.11. The number of carboxylic acids is 1. The Morgan fingerprint density at radius 3 is 3.00 bits per heavy atom. The van der Waals surface area contributed by atoms with Crippen molar-refractivity contribution in [2.75, 3.05) is 5.75 Å². The van der Waals surface area contributed by atoms with Gasteiger partial charge in [0.1, 0.15) is 6.04 Å². The molecule has 1 aliphatic rings. The lowest BCUT2D eigenvalue weighted by molar-refractivity contribution is -0.138. The fourth-order valence-corrected chi connectivity index (χ4v) is 3.44. The predicted molar refractivity (Wildman–Crippen MR) is 76.2 cm³/mol. The minimum absolute atomic E-state index is 0.0480. The van der Waals surface area contributed by atoms with Gasteiger partial charge in [0.2, 0.25) is 0 Å². The van der Waals surface area contributed by atoms with Crippen LogP contribution in [-0.2, 0) is 4.79 Å². The minimum atomic E-state index is -0.784. The average molecular weight is 274 g/mol. The first-order valence-corrected chi connectivity index (χ1v) is 7.16. The normalized spacial score (nSPS) is 22.8. The average Bonchev–Trinajstić information content (AvgIpc) is 2.88. The van der Waals surface area contributed by atoms with Crippen LogP contribution in [0.5, 0.6) is 0 Å². The van der Waals surface area contributed by atoms with Gasteiger partial charge in [-0.2, -0.15) is 0 Å². The highest BCUT2D eigenvalue weighted by atomic mass is 32.2. The van der Waals surface area contributed by atoms with Crippen LogP contribution in [0.25, 0.3) is 10.9 Å². The van der Waals surface area contributed by atoms with E-state index in [1.165, 1.54) is 0 Å². The summed E-state index contributed by atoms with van der Waals surface area (Å²) in [4.78, 5) is 15.4. The molecule has 0 spiro atoms. The molecular formula is C14H14N2O2S. The number of benzene rings is 1. The molecule has 1 aliphatic heterocycles. The van der Waals surface area contributed by atoms with E-state index in [2.05, 4.69) is 22.4 Å². The number of carboxylic acid groups (broad SMARTS) is 1. The van der Waals surface area contributed by atoms with E-state index in [4.69, 9.17) is 5.11 Å². The Balaban J connectivity index is 1.90. The number of aromatic nitrogens is 1. The number of thioether (sulfide) groups is 1. The van der Waals surface area contributed by atoms with Crippen molar-refractivity contribution >= 4 is 28.6 Å². The Labute approximate surface area is 115 Å². The zero-order valence-corrected chi connectivity index (χ0v) is 11.3. The fraction of sp³-hybridized carbons (Fsp3) is 0.286. The van der Waals surface area contributed by atoms with E-state index in [-0.39, 0.29) is 5.37 Å². The number of nitrogens with one attached hydrogen (secondary N) is 1. The lowest BCUT2D eigenvalue weighted by atomic mass is 10.1. The van der Waals surface area contributed by atoms with E-state index in [9.17, 15) is 4.79 Å². The van der Waals surface area contributed by atoms with Crippen LogP contribution >= 0.6 is 11.8 Å². The summed E-state index contributed by atoms with van der Waals surface area (Å²) in [6.07, 6.45) is 0. The van der Waals surface area contributed by atoms with Crippen LogP contribution in [0, 0.1) is 6.92 Å². The number of nitrogens with zero attached hydrogens (tertiary/aromatic N) is 1. The first-order chi connectivity index (χ1) is 9.13. The largest absolute Gasteiger partial charge is 0.480 e. The molecule has 0 aliphatic carbocycles. The number of rotatable bonds is 2. The van der Waals surface area contributed by atoms with Gasteiger partial charge in [-0.3, -0.25) is 15.1 Å². The predicted octanol–water partition coefficient (Wildman–Crippen LogP) is 2.33. The zero-order valence-electron chi connectivity index (χ0n) is 10.5. The van der Waals surface area contributed by atoms with Crippen molar-refractivity contribution in [2.24, 2.45) is 0 Å². The van der Waals surface area contributed by atoms with Gasteiger partial charge in [-0.1, -0.05) is 12.1 Å². The second kappa shape index (κ2) is 4.83. The summed E-state index contributed by atoms with van der Waals surface area (Å²) in [5, 5.41) is 13.3. The molecule has 0 amide bonds. The highest BCUT2D eigenvalue weighted by Gasteiger charge is 2.30. The van der Waals surface area contributed by atoms with E-state index < -0.39 is 12.0 Å². The van der Waals surface area contributed by atoms with E-state index in [1.807, 2.05) is 25.1 Å². The molecule has 1 aromatic heterocycles. The molecule has 2 unspecified atom stereocenters. The van der Waals surface area contributed by atoms with Crippen molar-refractivity contribution in [3.63, 3.8) is 0 Å². The van der Waals surface area contributed by atoms with Crippen LogP contribution in [0.2, 0.25) is 0 Å². The van der Waals surface area contributed by atoms with Crippen LogP contribution in [-0.4, -0.2) is 27.9 Å². The van der Waals surface area contributed by atoms with Gasteiger partial charge in [0.25, 0.3) is 0 Å². The second-order valence-corrected chi connectivity index (χ2v) is 5.81. The smallest absolute Gasteiger partial charge is 0.321 e. The Morgan fingerprint density at radius 1 is 1.42 bits per heavy atom. The summed E-state index contributed by atoms with van der Waals surface area (Å²) in [5.41, 5.74) is 3.08. The fourth-order valence-electron chi connectivity index (χ4n) is 2.22. The Hall–Kier alpha value is -1.59. The molecule has 1 saturated heterocycles. The first kappa shape index (κ1) is 12.4. The molecule has 0 bridgehead atoms. The van der Waals surface area contributed by atoms with Gasteiger partial charge >= 0.3 is 5.97 Å². The molecule has 19 heavy (non-hydrogen) atoms. The standard InChI is InChI=1S/C14H14N2O2S/c1-8-2-3-9-6-10(4-5-11(9)15-8)13-16-12(7-19-13)14(17)18/h2-6,12-13,16H,7H2,1H3,(H,17,18). The molecule has 1 aromatic carbocycles. The number of fused-ring (bicyclic) bond motifs is 1. The zero-order chi connectivity index (χ0) is 13.4. The summed E-state index contributed by atoms with van der Waals surface area (Å²) in [5.74, 6) is -0.183. The Morgan fingerprint density at radius 2 is 2.26 bits per heavy atom. The van der Waals surface area contributed by atoms with E-state index in [0.29, 0.717) is 5.75 Å². The monoisotopic (exact) mass is 274 g/mol. The summed E-state index contributed by atoms with van der Waals surface area (Å²) in [6, 6.07) is 9.67. The van der Waals surface area contributed by atoms with Crippen LogP contribution in [0.15, 0.2) is 30.3 Å². The third-order valence-electron chi connectivity index (χ3n) is 3.24. The van der Waals surface area contributed by atoms with Crippen LogP contribution in [0.3, 0.4) is 0 Å². The molecule has 0 radical (unpaired) electrons. The van der Waals surface area contributed by atoms with Crippen LogP contribution in [0.1, 0.15) is 16.6 Å². The number of carbonyl (C=O) groups is 1. The van der Waals surface area contributed by atoms with Crippen molar-refractivity contribution in [1.29, 1.82) is 0 Å². The number of aliphatic carboxylic acids is 1. The second-order valence-electron chi connectivity index (χ2n) is 4.68. The van der Waals surface area contributed by atoms with Gasteiger partial charge in [-0.15, -0.1) is 11.8 Å². The molecule has 1 fully saturated rings. The number of hydrogen-bond donors (Lipinski definition) is 2. The molecular weight excluding hydrogens is 260 g/mol. The molecule has 5 heteroatoms. The van der Waals surface area contributed by atoms with Gasteiger partial charge in [0.15, 0.2) is 0 Å². The van der Waals surface area contributed by atoms with Gasteiger partial charge < -0.3 is 5.11 Å². The molecule has 2 atom stereocenters. The van der Waals surface area contributed by atoms with Gasteiger partial charge in [-0.25, -0.2) is 0 Å². The maximum Gasteiger partial charge on any atom is 0.321 e. The highest BCUT2D eigenvalue weighted by molar-refractivity contribution is 7.99. The molecule has 0 saturated carbocycles. The molecule has 2 N–H and O–H groups in total. The number of hydrogen-bond acceptors (Lipinski definition) is 4. The lowest BCUT2D eigenvalue weighted by Crippen LogP contribution is -2.33. The van der Waals surface area contributed by atoms with Crippen LogP contribution < -0.4 is 5.32 Å². The summed E-state index contributed by atoms with van der Waals surface area (Å²) >= 11 is 1.63. The quantitative estimate of drug-likeness (QED) is 0.880. The molecule has 2 aromatic rings. The van der Waals surface area contributed by atoms with E-state index in [1.54, 1.807) is 11.8 Å². The summed E-state index contributed by atoms with van der Waals surface area (Å²) in [6.45, 7) is 1.97. The summed E-state index contributed by atoms with van der Waals surface area (Å²) < 4.78 is 0. The van der Waals surface area contributed by atoms with Gasteiger partial charge in [-0.05, 0) is 30.7 Å². The SMILES string of the molecule is Cc1ccc2cc(C3NC(C(=O)O)CS3)ccc2n1. The van der Waals surface area contributed by atoms with Crippen LogP contribution in [0.4, 0.5) is 0 Å². The maximum atomic E-state index is 10.9. The number of pyridine rings is 1. The van der Waals surface area contributed by atoms with Crippen molar-refractivity contribution in [3.05, 3.63) is 41.6 Å². The molecule has 2 heterocycles. The summed E-state index contributed by atoms with van der Waals surface area (Å²) in [7, 11) is 0. The van der Waals surface area contributed by atoms with E-state index in [0.717, 1.165) is 22.2 Å². The van der Waals surface area contributed by atoms with Crippen molar-refractivity contribution in [3.8, 4) is 0 Å². The minimum Gasteiger partial charge on any atom is -0.480 e. The Bertz CT molecular complexity index is 644. The van der Waals surface area contributed by atoms with E-state index >= 15 is 0 Å². The molecule has 98 valence electrons. The Kier molecular flexibility index (Phi) is 3.16. The van der Waals surface area contributed by atoms with Crippen molar-refractivity contribution in [1.82, 2.24) is 10.3 Å². The maximum absolute atomic E-state index is 10.9. The third kappa shape index (κ3) is 2.43. The van der Waals surface area contributed by atoms with Crippen molar-refractivity contribution < 1.29 is 9.90 Å². The molecule has 3 rings (SSSR count). The number of aryl methyl sites for hydroxylation is 1. The molecule has 4 nitrogen and oxygen atoms in total. The highest BCUT2D eigenvalue weighted by Crippen LogP contribution is 2.33. The van der Waals surface area contributed by atoms with Crippen molar-refractivity contribution in [2.45, 2.75) is 18.3 Å². The van der Waals surface area contributed by atoms with Gasteiger partial charge in [0, 0.05) is 16.8 Å². The van der Waals surface area contributed by atoms with Gasteiger partial charge in [0.05, 0.1) is 10.9 Å². The topological polar surface area (TPSA) is 62.2 Å². The lowest BCUT2D eigenvalue weighted by Gasteiger charge is -2.12.